The Bertz CT molecular complexity index is 585. The van der Waals surface area contributed by atoms with Gasteiger partial charge in [0.2, 0.25) is 0 Å². The van der Waals surface area contributed by atoms with Crippen molar-refractivity contribution in [2.45, 2.75) is 32.7 Å². The lowest BCUT2D eigenvalue weighted by Gasteiger charge is -2.13. The number of benzene rings is 1. The number of nitriles is 1. The summed E-state index contributed by atoms with van der Waals surface area (Å²) in [5.74, 6) is 0. The molecule has 0 saturated heterocycles. The fraction of sp³-hybridized carbons (Fsp3) is 0.333. The summed E-state index contributed by atoms with van der Waals surface area (Å²) in [6.07, 6.45) is 1.93. The van der Waals surface area contributed by atoms with Gasteiger partial charge in [-0.05, 0) is 24.3 Å². The van der Waals surface area contributed by atoms with Crippen molar-refractivity contribution in [1.82, 2.24) is 4.98 Å². The third kappa shape index (κ3) is 3.55. The first-order valence-corrected chi connectivity index (χ1v) is 7.00. The Labute approximate surface area is 117 Å². The van der Waals surface area contributed by atoms with Gasteiger partial charge in [0.15, 0.2) is 0 Å². The van der Waals surface area contributed by atoms with Crippen LogP contribution < -0.4 is 5.32 Å². The van der Waals surface area contributed by atoms with Crippen molar-refractivity contribution < 1.29 is 0 Å². The molecule has 2 aromatic rings. The lowest BCUT2D eigenvalue weighted by molar-refractivity contribution is 0.585. The van der Waals surface area contributed by atoms with Crippen LogP contribution in [0.4, 0.5) is 5.69 Å². The molecule has 0 saturated carbocycles. The summed E-state index contributed by atoms with van der Waals surface area (Å²) in [5.41, 5.74) is 1.81. The van der Waals surface area contributed by atoms with Crippen LogP contribution in [0.5, 0.6) is 0 Å². The summed E-state index contributed by atoms with van der Waals surface area (Å²) in [6.45, 7) is 7.27. The Balaban J connectivity index is 1.99. The molecule has 0 spiro atoms. The monoisotopic (exact) mass is 271 g/mol. The van der Waals surface area contributed by atoms with Gasteiger partial charge in [-0.15, -0.1) is 11.3 Å². The number of aromatic nitrogens is 1. The molecule has 1 heterocycles. The third-order valence-electron chi connectivity index (χ3n) is 2.68. The van der Waals surface area contributed by atoms with Crippen LogP contribution in [0.25, 0.3) is 0 Å². The van der Waals surface area contributed by atoms with E-state index in [1.165, 1.54) is 4.88 Å². The van der Waals surface area contributed by atoms with Crippen LogP contribution >= 0.6 is 11.3 Å². The van der Waals surface area contributed by atoms with Crippen molar-refractivity contribution >= 4 is 17.0 Å². The van der Waals surface area contributed by atoms with Crippen LogP contribution in [0, 0.1) is 11.3 Å². The van der Waals surface area contributed by atoms with E-state index in [-0.39, 0.29) is 5.41 Å². The molecule has 4 heteroatoms. The third-order valence-corrected chi connectivity index (χ3v) is 4.10. The van der Waals surface area contributed by atoms with E-state index in [1.54, 1.807) is 11.3 Å². The summed E-state index contributed by atoms with van der Waals surface area (Å²) in [7, 11) is 0. The fourth-order valence-corrected chi connectivity index (χ4v) is 2.50. The van der Waals surface area contributed by atoms with Gasteiger partial charge in [-0.2, -0.15) is 5.26 Å². The number of rotatable bonds is 3. The van der Waals surface area contributed by atoms with E-state index in [4.69, 9.17) is 5.26 Å². The Kier molecular flexibility index (Phi) is 3.87. The van der Waals surface area contributed by atoms with Crippen molar-refractivity contribution in [3.05, 3.63) is 45.9 Å². The van der Waals surface area contributed by atoms with Gasteiger partial charge in [0.25, 0.3) is 0 Å². The summed E-state index contributed by atoms with van der Waals surface area (Å²) in [6, 6.07) is 9.58. The van der Waals surface area contributed by atoms with Gasteiger partial charge in [-0.25, -0.2) is 4.98 Å². The number of hydrogen-bond donors (Lipinski definition) is 1. The molecule has 0 aliphatic rings. The molecular weight excluding hydrogens is 254 g/mol. The van der Waals surface area contributed by atoms with Crippen LogP contribution in [0.1, 0.15) is 36.2 Å². The Morgan fingerprint density at radius 3 is 2.47 bits per heavy atom. The van der Waals surface area contributed by atoms with Crippen molar-refractivity contribution in [3.63, 3.8) is 0 Å². The van der Waals surface area contributed by atoms with Crippen LogP contribution in [-0.2, 0) is 12.0 Å². The van der Waals surface area contributed by atoms with Gasteiger partial charge in [0.05, 0.1) is 23.2 Å². The molecule has 0 bridgehead atoms. The van der Waals surface area contributed by atoms with Crippen molar-refractivity contribution in [3.8, 4) is 6.07 Å². The molecule has 0 fully saturated rings. The zero-order valence-electron chi connectivity index (χ0n) is 11.4. The molecule has 0 aliphatic heterocycles. The standard InChI is InChI=1S/C15H17N3S/c1-15(2,3)14-18-10-13(19-14)9-17-12-6-4-11(8-16)5-7-12/h4-7,10,17H,9H2,1-3H3. The summed E-state index contributed by atoms with van der Waals surface area (Å²) < 4.78 is 0. The smallest absolute Gasteiger partial charge is 0.0991 e. The molecule has 3 nitrogen and oxygen atoms in total. The highest BCUT2D eigenvalue weighted by Gasteiger charge is 2.17. The van der Waals surface area contributed by atoms with Crippen LogP contribution in [0.3, 0.4) is 0 Å². The van der Waals surface area contributed by atoms with E-state index < -0.39 is 0 Å². The van der Waals surface area contributed by atoms with E-state index in [9.17, 15) is 0 Å². The molecule has 2 rings (SSSR count). The topological polar surface area (TPSA) is 48.7 Å². The Morgan fingerprint density at radius 1 is 1.26 bits per heavy atom. The van der Waals surface area contributed by atoms with Gasteiger partial charge in [0.1, 0.15) is 0 Å². The first-order valence-electron chi connectivity index (χ1n) is 6.18. The number of anilines is 1. The van der Waals surface area contributed by atoms with Crippen LogP contribution in [0.15, 0.2) is 30.5 Å². The molecular formula is C15H17N3S. The maximum absolute atomic E-state index is 8.74. The molecule has 1 aromatic heterocycles. The quantitative estimate of drug-likeness (QED) is 0.920. The highest BCUT2D eigenvalue weighted by molar-refractivity contribution is 7.11. The van der Waals surface area contributed by atoms with Crippen molar-refractivity contribution in [2.24, 2.45) is 0 Å². The summed E-state index contributed by atoms with van der Waals surface area (Å²) in [5, 5.41) is 13.2. The van der Waals surface area contributed by atoms with Gasteiger partial charge in [-0.3, -0.25) is 0 Å². The average Bonchev–Trinajstić information content (AvgIpc) is 2.86. The fourth-order valence-electron chi connectivity index (χ4n) is 1.59. The first kappa shape index (κ1) is 13.6. The van der Waals surface area contributed by atoms with Gasteiger partial charge in [-0.1, -0.05) is 20.8 Å². The van der Waals surface area contributed by atoms with Gasteiger partial charge < -0.3 is 5.32 Å². The normalized spacial score (nSPS) is 11.1. The first-order chi connectivity index (χ1) is 8.99. The van der Waals surface area contributed by atoms with Gasteiger partial charge >= 0.3 is 0 Å². The maximum Gasteiger partial charge on any atom is 0.0991 e. The number of nitrogens with one attached hydrogen (secondary N) is 1. The zero-order chi connectivity index (χ0) is 13.9. The van der Waals surface area contributed by atoms with E-state index in [2.05, 4.69) is 37.1 Å². The molecule has 1 aromatic carbocycles. The van der Waals surface area contributed by atoms with Crippen LogP contribution in [-0.4, -0.2) is 4.98 Å². The molecule has 19 heavy (non-hydrogen) atoms. The predicted octanol–water partition coefficient (Wildman–Crippen LogP) is 3.92. The highest BCUT2D eigenvalue weighted by atomic mass is 32.1. The molecule has 0 radical (unpaired) electrons. The molecule has 0 amide bonds. The maximum atomic E-state index is 8.74. The number of nitrogens with zero attached hydrogens (tertiary/aromatic N) is 2. The minimum atomic E-state index is 0.108. The molecule has 1 N–H and O–H groups in total. The second kappa shape index (κ2) is 5.41. The number of thiazole rings is 1. The Morgan fingerprint density at radius 2 is 1.95 bits per heavy atom. The lowest BCUT2D eigenvalue weighted by atomic mass is 9.98. The predicted molar refractivity (Wildman–Crippen MR) is 79.3 cm³/mol. The van der Waals surface area contributed by atoms with Crippen LogP contribution in [0.2, 0.25) is 0 Å². The summed E-state index contributed by atoms with van der Waals surface area (Å²) in [4.78, 5) is 5.68. The van der Waals surface area contributed by atoms with Crippen molar-refractivity contribution in [1.29, 1.82) is 5.26 Å². The lowest BCUT2D eigenvalue weighted by Crippen LogP contribution is -2.09. The minimum Gasteiger partial charge on any atom is -0.380 e. The largest absolute Gasteiger partial charge is 0.380 e. The Hall–Kier alpha value is -1.86. The molecule has 98 valence electrons. The van der Waals surface area contributed by atoms with E-state index in [0.717, 1.165) is 17.2 Å². The SMILES string of the molecule is CC(C)(C)c1ncc(CNc2ccc(C#N)cc2)s1. The molecule has 0 aliphatic carbocycles. The highest BCUT2D eigenvalue weighted by Crippen LogP contribution is 2.27. The van der Waals surface area contributed by atoms with Gasteiger partial charge in [0, 0.05) is 22.2 Å². The van der Waals surface area contributed by atoms with E-state index in [1.807, 2.05) is 30.5 Å². The second-order valence-corrected chi connectivity index (χ2v) is 6.54. The van der Waals surface area contributed by atoms with E-state index in [0.29, 0.717) is 5.56 Å². The van der Waals surface area contributed by atoms with E-state index >= 15 is 0 Å². The second-order valence-electron chi connectivity index (χ2n) is 5.42. The van der Waals surface area contributed by atoms with Crippen molar-refractivity contribution in [2.75, 3.05) is 5.32 Å². The summed E-state index contributed by atoms with van der Waals surface area (Å²) >= 11 is 1.74. The zero-order valence-corrected chi connectivity index (χ0v) is 12.2. The average molecular weight is 271 g/mol. The minimum absolute atomic E-state index is 0.108. The number of hydrogen-bond acceptors (Lipinski definition) is 4. The molecule has 0 atom stereocenters. The molecule has 0 unspecified atom stereocenters.